The molecular formula is C19H20FN3O2. The summed E-state index contributed by atoms with van der Waals surface area (Å²) in [7, 11) is 0. The summed E-state index contributed by atoms with van der Waals surface area (Å²) in [5.41, 5.74) is 2.06. The van der Waals surface area contributed by atoms with Crippen molar-refractivity contribution in [1.29, 1.82) is 0 Å². The maximum absolute atomic E-state index is 13.3. The van der Waals surface area contributed by atoms with E-state index in [2.05, 4.69) is 5.32 Å². The van der Waals surface area contributed by atoms with Crippen LogP contribution in [0.1, 0.15) is 22.8 Å². The normalized spacial score (nSPS) is 13.7. The van der Waals surface area contributed by atoms with Gasteiger partial charge in [-0.15, -0.1) is 0 Å². The number of urea groups is 1. The predicted molar refractivity (Wildman–Crippen MR) is 94.0 cm³/mol. The minimum absolute atomic E-state index is 0.121. The molecule has 6 heteroatoms. The van der Waals surface area contributed by atoms with Crippen molar-refractivity contribution in [1.82, 2.24) is 10.2 Å². The van der Waals surface area contributed by atoms with Crippen molar-refractivity contribution in [3.8, 4) is 0 Å². The van der Waals surface area contributed by atoms with Crippen molar-refractivity contribution in [3.05, 3.63) is 65.5 Å². The average Bonchev–Trinajstić information content (AvgIpc) is 3.05. The first kappa shape index (κ1) is 17.0. The number of hydrogen-bond donors (Lipinski definition) is 1. The Morgan fingerprint density at radius 2 is 2.00 bits per heavy atom. The minimum Gasteiger partial charge on any atom is -0.336 e. The summed E-state index contributed by atoms with van der Waals surface area (Å²) in [6.45, 7) is 4.00. The molecule has 25 heavy (non-hydrogen) atoms. The summed E-state index contributed by atoms with van der Waals surface area (Å²) < 4.78 is 13.3. The second kappa shape index (κ2) is 7.34. The number of nitrogens with zero attached hydrogens (tertiary/aromatic N) is 2. The topological polar surface area (TPSA) is 52.7 Å². The number of halogens is 1. The number of carbonyl (C=O) groups is 2. The van der Waals surface area contributed by atoms with Crippen LogP contribution in [0.5, 0.6) is 0 Å². The summed E-state index contributed by atoms with van der Waals surface area (Å²) in [4.78, 5) is 27.7. The van der Waals surface area contributed by atoms with Crippen LogP contribution in [-0.4, -0.2) is 36.5 Å². The smallest absolute Gasteiger partial charge is 0.321 e. The van der Waals surface area contributed by atoms with Gasteiger partial charge in [0.2, 0.25) is 0 Å². The molecule has 5 nitrogen and oxygen atoms in total. The highest BCUT2D eigenvalue weighted by Gasteiger charge is 2.21. The van der Waals surface area contributed by atoms with Crippen LogP contribution in [-0.2, 0) is 6.54 Å². The number of nitrogens with one attached hydrogen (secondary N) is 1. The number of benzene rings is 2. The molecule has 1 aliphatic rings. The molecule has 0 aliphatic carbocycles. The van der Waals surface area contributed by atoms with E-state index in [1.807, 2.05) is 6.92 Å². The summed E-state index contributed by atoms with van der Waals surface area (Å²) in [5.74, 6) is -0.432. The van der Waals surface area contributed by atoms with Crippen LogP contribution in [0.4, 0.5) is 14.9 Å². The SMILES string of the molecule is CCN(Cc1cccc(F)c1)C(=O)c1ccc(N2CCNC2=O)cc1. The molecule has 1 fully saturated rings. The predicted octanol–water partition coefficient (Wildman–Crippen LogP) is 3.02. The minimum atomic E-state index is -0.311. The van der Waals surface area contributed by atoms with Gasteiger partial charge in [0.1, 0.15) is 5.82 Å². The molecule has 2 aromatic rings. The molecule has 0 saturated carbocycles. The molecule has 0 bridgehead atoms. The van der Waals surface area contributed by atoms with Crippen molar-refractivity contribution < 1.29 is 14.0 Å². The Morgan fingerprint density at radius 1 is 1.24 bits per heavy atom. The Bertz CT molecular complexity index is 776. The largest absolute Gasteiger partial charge is 0.336 e. The molecule has 0 radical (unpaired) electrons. The number of carbonyl (C=O) groups excluding carboxylic acids is 2. The van der Waals surface area contributed by atoms with E-state index in [0.29, 0.717) is 31.7 Å². The second-order valence-electron chi connectivity index (χ2n) is 5.88. The quantitative estimate of drug-likeness (QED) is 0.909. The summed E-state index contributed by atoms with van der Waals surface area (Å²) in [6, 6.07) is 13.1. The fourth-order valence-electron chi connectivity index (χ4n) is 2.87. The molecule has 1 aliphatic heterocycles. The van der Waals surface area contributed by atoms with E-state index < -0.39 is 0 Å². The van der Waals surface area contributed by atoms with E-state index in [0.717, 1.165) is 11.3 Å². The maximum Gasteiger partial charge on any atom is 0.321 e. The van der Waals surface area contributed by atoms with Crippen LogP contribution in [0.15, 0.2) is 48.5 Å². The molecule has 2 aromatic carbocycles. The zero-order valence-corrected chi connectivity index (χ0v) is 14.0. The molecular weight excluding hydrogens is 321 g/mol. The molecule has 1 saturated heterocycles. The number of hydrogen-bond acceptors (Lipinski definition) is 2. The van der Waals surface area contributed by atoms with E-state index in [1.54, 1.807) is 46.2 Å². The summed E-state index contributed by atoms with van der Waals surface area (Å²) >= 11 is 0. The van der Waals surface area contributed by atoms with Crippen molar-refractivity contribution in [2.24, 2.45) is 0 Å². The van der Waals surface area contributed by atoms with Crippen molar-refractivity contribution in [2.45, 2.75) is 13.5 Å². The molecule has 1 heterocycles. The van der Waals surface area contributed by atoms with E-state index in [1.165, 1.54) is 12.1 Å². The highest BCUT2D eigenvalue weighted by atomic mass is 19.1. The second-order valence-corrected chi connectivity index (χ2v) is 5.88. The van der Waals surface area contributed by atoms with E-state index >= 15 is 0 Å². The van der Waals surface area contributed by atoms with Gasteiger partial charge >= 0.3 is 6.03 Å². The van der Waals surface area contributed by atoms with Crippen LogP contribution in [0.25, 0.3) is 0 Å². The van der Waals surface area contributed by atoms with Gasteiger partial charge in [-0.25, -0.2) is 9.18 Å². The lowest BCUT2D eigenvalue weighted by atomic mass is 10.1. The fraction of sp³-hybridized carbons (Fsp3) is 0.263. The lowest BCUT2D eigenvalue weighted by Gasteiger charge is -2.22. The van der Waals surface area contributed by atoms with Gasteiger partial charge in [0.25, 0.3) is 5.91 Å². The van der Waals surface area contributed by atoms with Crippen LogP contribution >= 0.6 is 0 Å². The Hall–Kier alpha value is -2.89. The van der Waals surface area contributed by atoms with E-state index in [-0.39, 0.29) is 17.8 Å². The van der Waals surface area contributed by atoms with Gasteiger partial charge < -0.3 is 10.2 Å². The fourth-order valence-corrected chi connectivity index (χ4v) is 2.87. The molecule has 0 unspecified atom stereocenters. The van der Waals surface area contributed by atoms with Crippen molar-refractivity contribution in [2.75, 3.05) is 24.5 Å². The molecule has 0 spiro atoms. The first-order chi connectivity index (χ1) is 12.1. The lowest BCUT2D eigenvalue weighted by molar-refractivity contribution is 0.0752. The Balaban J connectivity index is 1.73. The Kier molecular flexibility index (Phi) is 4.97. The maximum atomic E-state index is 13.3. The highest BCUT2D eigenvalue weighted by Crippen LogP contribution is 2.19. The van der Waals surface area contributed by atoms with Crippen LogP contribution in [0, 0.1) is 5.82 Å². The van der Waals surface area contributed by atoms with Crippen molar-refractivity contribution in [3.63, 3.8) is 0 Å². The monoisotopic (exact) mass is 341 g/mol. The third-order valence-electron chi connectivity index (χ3n) is 4.21. The number of amides is 3. The zero-order chi connectivity index (χ0) is 17.8. The van der Waals surface area contributed by atoms with Gasteiger partial charge in [-0.2, -0.15) is 0 Å². The van der Waals surface area contributed by atoms with Crippen LogP contribution in [0.2, 0.25) is 0 Å². The summed E-state index contributed by atoms with van der Waals surface area (Å²) in [6.07, 6.45) is 0. The average molecular weight is 341 g/mol. The van der Waals surface area contributed by atoms with Gasteiger partial charge in [-0.3, -0.25) is 9.69 Å². The van der Waals surface area contributed by atoms with Crippen molar-refractivity contribution >= 4 is 17.6 Å². The highest BCUT2D eigenvalue weighted by molar-refractivity contribution is 5.97. The molecule has 1 N–H and O–H groups in total. The third kappa shape index (κ3) is 3.79. The Morgan fingerprint density at radius 3 is 2.60 bits per heavy atom. The van der Waals surface area contributed by atoms with Gasteiger partial charge in [0.15, 0.2) is 0 Å². The number of anilines is 1. The molecule has 0 atom stereocenters. The van der Waals surface area contributed by atoms with Gasteiger partial charge in [0.05, 0.1) is 0 Å². The molecule has 3 rings (SSSR count). The van der Waals surface area contributed by atoms with Crippen LogP contribution in [0.3, 0.4) is 0 Å². The Labute approximate surface area is 146 Å². The van der Waals surface area contributed by atoms with Gasteiger partial charge in [-0.1, -0.05) is 12.1 Å². The van der Waals surface area contributed by atoms with Gasteiger partial charge in [-0.05, 0) is 48.9 Å². The standard InChI is InChI=1S/C19H20FN3O2/c1-2-22(13-14-4-3-5-16(20)12-14)18(24)15-6-8-17(9-7-15)23-11-10-21-19(23)25/h3-9,12H,2,10-11,13H2,1H3,(H,21,25). The summed E-state index contributed by atoms with van der Waals surface area (Å²) in [5, 5.41) is 2.75. The first-order valence-electron chi connectivity index (χ1n) is 8.27. The van der Waals surface area contributed by atoms with E-state index in [9.17, 15) is 14.0 Å². The van der Waals surface area contributed by atoms with Crippen LogP contribution < -0.4 is 10.2 Å². The molecule has 3 amide bonds. The van der Waals surface area contributed by atoms with Gasteiger partial charge in [0, 0.05) is 37.4 Å². The number of rotatable bonds is 5. The first-order valence-corrected chi connectivity index (χ1v) is 8.27. The molecule has 130 valence electrons. The zero-order valence-electron chi connectivity index (χ0n) is 14.0. The lowest BCUT2D eigenvalue weighted by Crippen LogP contribution is -2.30. The third-order valence-corrected chi connectivity index (χ3v) is 4.21. The van der Waals surface area contributed by atoms with E-state index in [4.69, 9.17) is 0 Å². The molecule has 0 aromatic heterocycles.